The molecule has 1 aliphatic rings. The fourth-order valence-corrected chi connectivity index (χ4v) is 3.28. The van der Waals surface area contributed by atoms with Gasteiger partial charge in [-0.2, -0.15) is 0 Å². The number of carbonyl (C=O) groups is 1. The molecular weight excluding hydrogens is 283 g/mol. The Morgan fingerprint density at radius 1 is 1.45 bits per heavy atom. The molecule has 1 aromatic rings. The number of benzene rings is 1. The van der Waals surface area contributed by atoms with Gasteiger partial charge in [0.15, 0.2) is 0 Å². The van der Waals surface area contributed by atoms with Crippen molar-refractivity contribution in [3.8, 4) is 0 Å². The van der Waals surface area contributed by atoms with Crippen LogP contribution in [0.4, 0.5) is 4.39 Å². The number of primary sulfonamides is 1. The lowest BCUT2D eigenvalue weighted by atomic mass is 10.1. The van der Waals surface area contributed by atoms with Crippen molar-refractivity contribution in [2.45, 2.75) is 25.2 Å². The van der Waals surface area contributed by atoms with Crippen LogP contribution in [0.5, 0.6) is 0 Å². The van der Waals surface area contributed by atoms with Crippen LogP contribution in [-0.2, 0) is 10.0 Å². The van der Waals surface area contributed by atoms with Crippen LogP contribution >= 0.6 is 0 Å². The summed E-state index contributed by atoms with van der Waals surface area (Å²) in [5.74, 6) is -0.739. The summed E-state index contributed by atoms with van der Waals surface area (Å²) in [6.45, 7) is 4.69. The number of nitrogens with zero attached hydrogens (tertiary/aromatic N) is 1. The summed E-state index contributed by atoms with van der Waals surface area (Å²) >= 11 is 0. The molecule has 1 fully saturated rings. The molecule has 1 aliphatic heterocycles. The molecule has 1 aromatic carbocycles. The molecule has 0 spiro atoms. The predicted octanol–water partition coefficient (Wildman–Crippen LogP) is 1.26. The van der Waals surface area contributed by atoms with Crippen molar-refractivity contribution in [1.29, 1.82) is 0 Å². The summed E-state index contributed by atoms with van der Waals surface area (Å²) in [6, 6.07) is 1.91. The number of sulfonamides is 1. The SMILES string of the molecule is Cc1c(C(=O)N2CCC(C)C2)cc(F)cc1S(N)(=O)=O. The number of carbonyl (C=O) groups excluding carboxylic acids is 1. The lowest BCUT2D eigenvalue weighted by molar-refractivity contribution is 0.0786. The standard InChI is InChI=1S/C13H17FN2O3S/c1-8-3-4-16(7-8)13(17)11-5-10(14)6-12(9(11)2)20(15,18)19/h5-6,8H,3-4,7H2,1-2H3,(H2,15,18,19). The van der Waals surface area contributed by atoms with Crippen LogP contribution in [-0.4, -0.2) is 32.3 Å². The Bertz CT molecular complexity index is 658. The van der Waals surface area contributed by atoms with Gasteiger partial charge in [0.1, 0.15) is 5.82 Å². The Labute approximate surface area is 117 Å². The third-order valence-corrected chi connectivity index (χ3v) is 4.61. The van der Waals surface area contributed by atoms with Gasteiger partial charge in [0.2, 0.25) is 10.0 Å². The minimum absolute atomic E-state index is 0.0584. The highest BCUT2D eigenvalue weighted by atomic mass is 32.2. The summed E-state index contributed by atoms with van der Waals surface area (Å²) in [7, 11) is -4.06. The Morgan fingerprint density at radius 2 is 2.10 bits per heavy atom. The van der Waals surface area contributed by atoms with Crippen molar-refractivity contribution < 1.29 is 17.6 Å². The maximum absolute atomic E-state index is 13.6. The molecule has 0 aliphatic carbocycles. The van der Waals surface area contributed by atoms with E-state index < -0.39 is 15.8 Å². The first-order valence-corrected chi connectivity index (χ1v) is 7.87. The number of halogens is 1. The van der Waals surface area contributed by atoms with Crippen LogP contribution in [0.15, 0.2) is 17.0 Å². The average Bonchev–Trinajstić information content (AvgIpc) is 2.76. The molecule has 1 saturated heterocycles. The molecule has 1 atom stereocenters. The zero-order valence-electron chi connectivity index (χ0n) is 11.4. The second-order valence-corrected chi connectivity index (χ2v) is 6.80. The van der Waals surface area contributed by atoms with Gasteiger partial charge >= 0.3 is 0 Å². The van der Waals surface area contributed by atoms with Crippen molar-refractivity contribution in [1.82, 2.24) is 4.90 Å². The van der Waals surface area contributed by atoms with Crippen LogP contribution in [0.25, 0.3) is 0 Å². The van der Waals surface area contributed by atoms with Gasteiger partial charge in [-0.05, 0) is 37.0 Å². The van der Waals surface area contributed by atoms with Crippen molar-refractivity contribution in [2.75, 3.05) is 13.1 Å². The van der Waals surface area contributed by atoms with E-state index in [2.05, 4.69) is 0 Å². The molecule has 5 nitrogen and oxygen atoms in total. The summed E-state index contributed by atoms with van der Waals surface area (Å²) in [5.41, 5.74) is 0.251. The molecule has 0 aromatic heterocycles. The van der Waals surface area contributed by atoms with Crippen LogP contribution in [0.3, 0.4) is 0 Å². The van der Waals surface area contributed by atoms with Gasteiger partial charge in [-0.25, -0.2) is 17.9 Å². The quantitative estimate of drug-likeness (QED) is 0.893. The Balaban J connectivity index is 2.47. The highest BCUT2D eigenvalue weighted by molar-refractivity contribution is 7.89. The maximum Gasteiger partial charge on any atom is 0.254 e. The van der Waals surface area contributed by atoms with Gasteiger partial charge in [0.05, 0.1) is 4.90 Å². The molecule has 0 saturated carbocycles. The van der Waals surface area contributed by atoms with Crippen LogP contribution in [0, 0.1) is 18.7 Å². The minimum atomic E-state index is -4.06. The molecule has 110 valence electrons. The fraction of sp³-hybridized carbons (Fsp3) is 0.462. The monoisotopic (exact) mass is 300 g/mol. The topological polar surface area (TPSA) is 80.5 Å². The van der Waals surface area contributed by atoms with E-state index in [4.69, 9.17) is 5.14 Å². The maximum atomic E-state index is 13.6. The van der Waals surface area contributed by atoms with Crippen molar-refractivity contribution in [2.24, 2.45) is 11.1 Å². The van der Waals surface area contributed by atoms with Gasteiger partial charge in [-0.1, -0.05) is 6.92 Å². The zero-order valence-corrected chi connectivity index (χ0v) is 12.2. The molecule has 2 rings (SSSR count). The van der Waals surface area contributed by atoms with E-state index in [1.165, 1.54) is 6.92 Å². The lowest BCUT2D eigenvalue weighted by Gasteiger charge is -2.18. The second kappa shape index (κ2) is 5.14. The Morgan fingerprint density at radius 3 is 2.60 bits per heavy atom. The first-order valence-electron chi connectivity index (χ1n) is 6.32. The van der Waals surface area contributed by atoms with Gasteiger partial charge in [-0.15, -0.1) is 0 Å². The first kappa shape index (κ1) is 14.9. The highest BCUT2D eigenvalue weighted by Crippen LogP contribution is 2.24. The van der Waals surface area contributed by atoms with Crippen molar-refractivity contribution in [3.05, 3.63) is 29.1 Å². The molecule has 1 amide bonds. The molecule has 1 unspecified atom stereocenters. The Hall–Kier alpha value is -1.47. The Kier molecular flexibility index (Phi) is 3.84. The van der Waals surface area contributed by atoms with Gasteiger partial charge in [-0.3, -0.25) is 4.79 Å². The number of likely N-dealkylation sites (tertiary alicyclic amines) is 1. The number of amides is 1. The fourth-order valence-electron chi connectivity index (χ4n) is 2.46. The largest absolute Gasteiger partial charge is 0.338 e. The van der Waals surface area contributed by atoms with Crippen LogP contribution < -0.4 is 5.14 Å². The lowest BCUT2D eigenvalue weighted by Crippen LogP contribution is -2.29. The van der Waals surface area contributed by atoms with Gasteiger partial charge in [0.25, 0.3) is 5.91 Å². The normalized spacial score (nSPS) is 19.4. The molecule has 7 heteroatoms. The average molecular weight is 300 g/mol. The summed E-state index contributed by atoms with van der Waals surface area (Å²) in [4.78, 5) is 13.6. The minimum Gasteiger partial charge on any atom is -0.338 e. The molecule has 0 radical (unpaired) electrons. The number of hydrogen-bond donors (Lipinski definition) is 1. The number of hydrogen-bond acceptors (Lipinski definition) is 3. The van der Waals surface area contributed by atoms with Crippen LogP contribution in [0.1, 0.15) is 29.3 Å². The van der Waals surface area contributed by atoms with E-state index in [-0.39, 0.29) is 21.9 Å². The highest BCUT2D eigenvalue weighted by Gasteiger charge is 2.27. The third kappa shape index (κ3) is 2.83. The second-order valence-electron chi connectivity index (χ2n) is 5.27. The molecular formula is C13H17FN2O3S. The molecule has 20 heavy (non-hydrogen) atoms. The predicted molar refractivity (Wildman–Crippen MR) is 72.2 cm³/mol. The van der Waals surface area contributed by atoms with E-state index in [1.807, 2.05) is 6.92 Å². The van der Waals surface area contributed by atoms with Crippen molar-refractivity contribution in [3.63, 3.8) is 0 Å². The van der Waals surface area contributed by atoms with E-state index >= 15 is 0 Å². The van der Waals surface area contributed by atoms with Crippen molar-refractivity contribution >= 4 is 15.9 Å². The zero-order chi connectivity index (χ0) is 15.1. The summed E-state index contributed by atoms with van der Waals surface area (Å²) < 4.78 is 36.5. The molecule has 0 bridgehead atoms. The van der Waals surface area contributed by atoms with E-state index in [0.717, 1.165) is 18.6 Å². The molecule has 1 heterocycles. The third-order valence-electron chi connectivity index (χ3n) is 3.57. The van der Waals surface area contributed by atoms with Gasteiger partial charge < -0.3 is 4.90 Å². The summed E-state index contributed by atoms with van der Waals surface area (Å²) in [5, 5.41) is 5.05. The molecule has 2 N–H and O–H groups in total. The van der Waals surface area contributed by atoms with Gasteiger partial charge in [0, 0.05) is 18.7 Å². The number of rotatable bonds is 2. The number of nitrogens with two attached hydrogens (primary N) is 1. The van der Waals surface area contributed by atoms with E-state index in [9.17, 15) is 17.6 Å². The summed E-state index contributed by atoms with van der Waals surface area (Å²) in [6.07, 6.45) is 0.891. The van der Waals surface area contributed by atoms with Crippen LogP contribution in [0.2, 0.25) is 0 Å². The first-order chi connectivity index (χ1) is 9.20. The van der Waals surface area contributed by atoms with E-state index in [0.29, 0.717) is 19.0 Å². The van der Waals surface area contributed by atoms with E-state index in [1.54, 1.807) is 4.90 Å². The smallest absolute Gasteiger partial charge is 0.254 e.